The van der Waals surface area contributed by atoms with Crippen LogP contribution in [0.25, 0.3) is 11.0 Å². The fourth-order valence-corrected chi connectivity index (χ4v) is 3.96. The van der Waals surface area contributed by atoms with Crippen molar-refractivity contribution in [2.75, 3.05) is 19.6 Å². The molecule has 1 saturated heterocycles. The summed E-state index contributed by atoms with van der Waals surface area (Å²) in [5, 5.41) is 7.49. The number of rotatable bonds is 6. The number of carbonyl (C=O) groups is 1. The van der Waals surface area contributed by atoms with Crippen molar-refractivity contribution in [1.29, 1.82) is 0 Å². The minimum absolute atomic E-state index is 0.0574. The van der Waals surface area contributed by atoms with E-state index in [1.165, 1.54) is 41.9 Å². The van der Waals surface area contributed by atoms with E-state index in [4.69, 9.17) is 0 Å². The molecule has 0 aliphatic carbocycles. The second-order valence-corrected chi connectivity index (χ2v) is 7.51. The lowest BCUT2D eigenvalue weighted by molar-refractivity contribution is -0.122. The summed E-state index contributed by atoms with van der Waals surface area (Å²) in [7, 11) is 1.73. The van der Waals surface area contributed by atoms with Gasteiger partial charge in [-0.05, 0) is 31.5 Å². The van der Waals surface area contributed by atoms with Gasteiger partial charge in [-0.3, -0.25) is 23.7 Å². The number of hydrogen-bond acceptors (Lipinski definition) is 5. The number of nitrogens with zero attached hydrogens (tertiary/aromatic N) is 5. The Bertz CT molecular complexity index is 1040. The summed E-state index contributed by atoms with van der Waals surface area (Å²) in [6, 6.07) is 10.4. The van der Waals surface area contributed by atoms with Crippen molar-refractivity contribution >= 4 is 16.9 Å². The minimum Gasteiger partial charge on any atom is -0.353 e. The number of nitrogens with one attached hydrogen (secondary N) is 1. The van der Waals surface area contributed by atoms with E-state index in [1.807, 2.05) is 18.2 Å². The summed E-state index contributed by atoms with van der Waals surface area (Å²) in [6.07, 6.45) is 6.52. The van der Waals surface area contributed by atoms with Gasteiger partial charge in [0.1, 0.15) is 18.3 Å². The van der Waals surface area contributed by atoms with Crippen molar-refractivity contribution in [3.05, 3.63) is 58.8 Å². The van der Waals surface area contributed by atoms with Gasteiger partial charge in [-0.25, -0.2) is 4.98 Å². The molecule has 0 radical (unpaired) electrons. The molecule has 1 aliphatic rings. The van der Waals surface area contributed by atoms with Crippen LogP contribution in [0.1, 0.15) is 30.9 Å². The van der Waals surface area contributed by atoms with E-state index in [-0.39, 0.29) is 24.1 Å². The summed E-state index contributed by atoms with van der Waals surface area (Å²) in [6.45, 7) is 2.53. The summed E-state index contributed by atoms with van der Waals surface area (Å²) >= 11 is 0. The van der Waals surface area contributed by atoms with Crippen LogP contribution < -0.4 is 10.9 Å². The molecule has 1 amide bonds. The molecule has 2 aromatic heterocycles. The highest BCUT2D eigenvalue weighted by molar-refractivity contribution is 5.77. The molecule has 0 unspecified atom stereocenters. The molecule has 3 aromatic rings. The molecule has 1 N–H and O–H groups in total. The molecule has 4 rings (SSSR count). The molecule has 1 atom stereocenters. The van der Waals surface area contributed by atoms with Crippen LogP contribution in [0.15, 0.2) is 47.7 Å². The zero-order valence-corrected chi connectivity index (χ0v) is 16.6. The van der Waals surface area contributed by atoms with Crippen LogP contribution in [0.3, 0.4) is 0 Å². The lowest BCUT2D eigenvalue weighted by Crippen LogP contribution is -2.42. The largest absolute Gasteiger partial charge is 0.353 e. The molecule has 3 heterocycles. The molecule has 8 nitrogen and oxygen atoms in total. The van der Waals surface area contributed by atoms with Gasteiger partial charge in [-0.2, -0.15) is 5.10 Å². The Labute approximate surface area is 169 Å². The highest BCUT2D eigenvalue weighted by Crippen LogP contribution is 2.24. The van der Waals surface area contributed by atoms with Gasteiger partial charge in [0.05, 0.1) is 12.2 Å². The van der Waals surface area contributed by atoms with Crippen molar-refractivity contribution < 1.29 is 4.79 Å². The highest BCUT2D eigenvalue weighted by atomic mass is 16.2. The number of aromatic nitrogens is 4. The first-order chi connectivity index (χ1) is 14.1. The van der Waals surface area contributed by atoms with Gasteiger partial charge in [0.25, 0.3) is 5.56 Å². The quantitative estimate of drug-likeness (QED) is 0.684. The fraction of sp³-hybridized carbons (Fsp3) is 0.429. The maximum Gasteiger partial charge on any atom is 0.264 e. The Kier molecular flexibility index (Phi) is 5.71. The Morgan fingerprint density at radius 1 is 1.17 bits per heavy atom. The monoisotopic (exact) mass is 394 g/mol. The van der Waals surface area contributed by atoms with Gasteiger partial charge in [-0.15, -0.1) is 0 Å². The zero-order valence-electron chi connectivity index (χ0n) is 16.6. The summed E-state index contributed by atoms with van der Waals surface area (Å²) in [5.74, 6) is -0.199. The Morgan fingerprint density at radius 3 is 2.69 bits per heavy atom. The van der Waals surface area contributed by atoms with Gasteiger partial charge in [0.2, 0.25) is 5.91 Å². The lowest BCUT2D eigenvalue weighted by atomic mass is 10.0. The molecule has 0 spiro atoms. The summed E-state index contributed by atoms with van der Waals surface area (Å²) in [5.41, 5.74) is 1.46. The van der Waals surface area contributed by atoms with E-state index < -0.39 is 0 Å². The van der Waals surface area contributed by atoms with Crippen molar-refractivity contribution in [2.24, 2.45) is 7.05 Å². The van der Waals surface area contributed by atoms with Gasteiger partial charge in [-0.1, -0.05) is 36.8 Å². The number of amides is 1. The van der Waals surface area contributed by atoms with Crippen LogP contribution in [0, 0.1) is 0 Å². The lowest BCUT2D eigenvalue weighted by Gasteiger charge is -2.35. The van der Waals surface area contributed by atoms with Crippen molar-refractivity contribution in [2.45, 2.75) is 31.8 Å². The predicted molar refractivity (Wildman–Crippen MR) is 110 cm³/mol. The molecule has 1 aromatic carbocycles. The van der Waals surface area contributed by atoms with E-state index in [0.717, 1.165) is 13.1 Å². The molecule has 8 heteroatoms. The van der Waals surface area contributed by atoms with Crippen molar-refractivity contribution in [3.63, 3.8) is 0 Å². The Balaban J connectivity index is 1.45. The third-order valence-corrected chi connectivity index (χ3v) is 5.54. The van der Waals surface area contributed by atoms with E-state index in [9.17, 15) is 9.59 Å². The molecule has 0 bridgehead atoms. The second-order valence-electron chi connectivity index (χ2n) is 7.51. The normalized spacial score (nSPS) is 16.0. The van der Waals surface area contributed by atoms with Crippen LogP contribution in [-0.4, -0.2) is 49.8 Å². The van der Waals surface area contributed by atoms with E-state index >= 15 is 0 Å². The van der Waals surface area contributed by atoms with Crippen LogP contribution in [0.5, 0.6) is 0 Å². The van der Waals surface area contributed by atoms with E-state index in [2.05, 4.69) is 32.4 Å². The summed E-state index contributed by atoms with van der Waals surface area (Å²) < 4.78 is 2.88. The first kappa shape index (κ1) is 19.3. The molecular weight excluding hydrogens is 368 g/mol. The number of likely N-dealkylation sites (tertiary alicyclic amines) is 1. The van der Waals surface area contributed by atoms with Gasteiger partial charge in [0, 0.05) is 13.6 Å². The first-order valence-corrected chi connectivity index (χ1v) is 10.1. The van der Waals surface area contributed by atoms with Crippen LogP contribution in [0.2, 0.25) is 0 Å². The standard InChI is InChI=1S/C21H26N6O2/c1-25-20-17(12-24-25)21(29)27(15-23-20)14-19(28)22-13-18(16-8-4-2-5-9-16)26-10-6-3-7-11-26/h2,4-5,8-9,12,15,18H,3,6-7,10-11,13-14H2,1H3,(H,22,28)/t18-/m1/s1. The van der Waals surface area contributed by atoms with Gasteiger partial charge in [0.15, 0.2) is 5.65 Å². The highest BCUT2D eigenvalue weighted by Gasteiger charge is 2.23. The Morgan fingerprint density at radius 2 is 1.93 bits per heavy atom. The molecule has 0 saturated carbocycles. The maximum absolute atomic E-state index is 12.6. The SMILES string of the molecule is Cn1ncc2c(=O)n(CC(=O)NC[C@H](c3ccccc3)N3CCCCC3)cnc21. The van der Waals surface area contributed by atoms with Crippen LogP contribution in [-0.2, 0) is 18.4 Å². The number of hydrogen-bond donors (Lipinski definition) is 1. The van der Waals surface area contributed by atoms with E-state index in [1.54, 1.807) is 11.7 Å². The first-order valence-electron chi connectivity index (χ1n) is 10.1. The zero-order chi connectivity index (χ0) is 20.2. The maximum atomic E-state index is 12.6. The average molecular weight is 394 g/mol. The molecule has 29 heavy (non-hydrogen) atoms. The fourth-order valence-electron chi connectivity index (χ4n) is 3.96. The molecule has 1 fully saturated rings. The van der Waals surface area contributed by atoms with Crippen LogP contribution >= 0.6 is 0 Å². The van der Waals surface area contributed by atoms with Crippen molar-refractivity contribution in [1.82, 2.24) is 29.5 Å². The number of piperidine rings is 1. The molecule has 152 valence electrons. The van der Waals surface area contributed by atoms with E-state index in [0.29, 0.717) is 17.6 Å². The van der Waals surface area contributed by atoms with Crippen LogP contribution in [0.4, 0.5) is 0 Å². The smallest absolute Gasteiger partial charge is 0.264 e. The summed E-state index contributed by atoms with van der Waals surface area (Å²) in [4.78, 5) is 31.8. The third kappa shape index (κ3) is 4.22. The van der Waals surface area contributed by atoms with Crippen molar-refractivity contribution in [3.8, 4) is 0 Å². The van der Waals surface area contributed by atoms with Gasteiger partial charge < -0.3 is 5.32 Å². The number of benzene rings is 1. The predicted octanol–water partition coefficient (Wildman–Crippen LogP) is 1.47. The third-order valence-electron chi connectivity index (χ3n) is 5.54. The molecular formula is C21H26N6O2. The van der Waals surface area contributed by atoms with Gasteiger partial charge >= 0.3 is 0 Å². The second kappa shape index (κ2) is 8.57. The number of carbonyl (C=O) groups excluding carboxylic acids is 1. The minimum atomic E-state index is -0.256. The Hall–Kier alpha value is -3.00. The number of fused-ring (bicyclic) bond motifs is 1. The topological polar surface area (TPSA) is 85.0 Å². The number of aryl methyl sites for hydroxylation is 1. The molecule has 1 aliphatic heterocycles. The average Bonchev–Trinajstić information content (AvgIpc) is 3.13.